The molecular formula is C13H18O2. The Morgan fingerprint density at radius 1 is 1.33 bits per heavy atom. The number of carboxylic acid groups (broad SMARTS) is 1. The topological polar surface area (TPSA) is 37.3 Å². The Bertz CT molecular complexity index is 373. The van der Waals surface area contributed by atoms with Crippen LogP contribution in [0, 0.1) is 12.3 Å². The first-order chi connectivity index (χ1) is 6.79. The largest absolute Gasteiger partial charge is 0.478 e. The normalized spacial score (nSPS) is 11.5. The summed E-state index contributed by atoms with van der Waals surface area (Å²) < 4.78 is 0. The minimum atomic E-state index is -0.839. The maximum atomic E-state index is 11.0. The zero-order valence-corrected chi connectivity index (χ0v) is 9.79. The van der Waals surface area contributed by atoms with E-state index in [0.29, 0.717) is 5.56 Å². The van der Waals surface area contributed by atoms with Gasteiger partial charge >= 0.3 is 5.97 Å². The van der Waals surface area contributed by atoms with Gasteiger partial charge in [0.05, 0.1) is 5.56 Å². The fraction of sp³-hybridized carbons (Fsp3) is 0.462. The average molecular weight is 206 g/mol. The van der Waals surface area contributed by atoms with Gasteiger partial charge in [0.15, 0.2) is 0 Å². The predicted molar refractivity (Wildman–Crippen MR) is 61.3 cm³/mol. The van der Waals surface area contributed by atoms with E-state index in [9.17, 15) is 4.79 Å². The van der Waals surface area contributed by atoms with E-state index in [1.807, 2.05) is 19.1 Å². The van der Waals surface area contributed by atoms with Crippen molar-refractivity contribution in [2.24, 2.45) is 5.41 Å². The first kappa shape index (κ1) is 11.8. The third-order valence-corrected chi connectivity index (χ3v) is 2.21. The maximum absolute atomic E-state index is 11.0. The van der Waals surface area contributed by atoms with Gasteiger partial charge in [-0.25, -0.2) is 4.79 Å². The quantitative estimate of drug-likeness (QED) is 0.806. The Morgan fingerprint density at radius 2 is 1.93 bits per heavy atom. The highest BCUT2D eigenvalue weighted by Crippen LogP contribution is 2.23. The average Bonchev–Trinajstić information content (AvgIpc) is 1.99. The van der Waals surface area contributed by atoms with Crippen molar-refractivity contribution in [2.45, 2.75) is 34.1 Å². The molecule has 0 amide bonds. The second-order valence-electron chi connectivity index (χ2n) is 5.20. The molecule has 2 heteroatoms. The molecule has 0 aliphatic carbocycles. The molecule has 2 nitrogen and oxygen atoms in total. The first-order valence-electron chi connectivity index (χ1n) is 5.12. The van der Waals surface area contributed by atoms with Crippen molar-refractivity contribution < 1.29 is 9.90 Å². The van der Waals surface area contributed by atoms with E-state index in [1.165, 1.54) is 0 Å². The van der Waals surface area contributed by atoms with Crippen molar-refractivity contribution in [3.8, 4) is 0 Å². The van der Waals surface area contributed by atoms with Gasteiger partial charge in [0.2, 0.25) is 0 Å². The standard InChI is InChI=1S/C13H18O2/c1-9-5-6-11(12(14)15)10(7-9)8-13(2,3)4/h5-7H,8H2,1-4H3,(H,14,15). The molecule has 0 heterocycles. The van der Waals surface area contributed by atoms with Gasteiger partial charge in [-0.2, -0.15) is 0 Å². The van der Waals surface area contributed by atoms with Crippen LogP contribution in [-0.2, 0) is 6.42 Å². The number of carbonyl (C=O) groups is 1. The number of hydrogen-bond acceptors (Lipinski definition) is 1. The molecule has 1 N–H and O–H groups in total. The lowest BCUT2D eigenvalue weighted by Gasteiger charge is -2.19. The van der Waals surface area contributed by atoms with Crippen molar-refractivity contribution in [2.75, 3.05) is 0 Å². The molecule has 0 atom stereocenters. The molecule has 15 heavy (non-hydrogen) atoms. The van der Waals surface area contributed by atoms with Crippen molar-refractivity contribution in [3.63, 3.8) is 0 Å². The molecule has 0 fully saturated rings. The molecule has 0 bridgehead atoms. The summed E-state index contributed by atoms with van der Waals surface area (Å²) in [6.07, 6.45) is 0.788. The molecule has 0 unspecified atom stereocenters. The van der Waals surface area contributed by atoms with Crippen LogP contribution < -0.4 is 0 Å². The Kier molecular flexibility index (Phi) is 3.18. The van der Waals surface area contributed by atoms with E-state index < -0.39 is 5.97 Å². The van der Waals surface area contributed by atoms with Crippen molar-refractivity contribution >= 4 is 5.97 Å². The van der Waals surface area contributed by atoms with Gasteiger partial charge in [0, 0.05) is 0 Å². The van der Waals surface area contributed by atoms with Crippen LogP contribution in [0.3, 0.4) is 0 Å². The number of aryl methyl sites for hydroxylation is 1. The molecule has 1 aromatic rings. The van der Waals surface area contributed by atoms with Gasteiger partial charge in [0.25, 0.3) is 0 Å². The van der Waals surface area contributed by atoms with Crippen molar-refractivity contribution in [3.05, 3.63) is 34.9 Å². The van der Waals surface area contributed by atoms with E-state index in [-0.39, 0.29) is 5.41 Å². The molecule has 1 rings (SSSR count). The molecular weight excluding hydrogens is 188 g/mol. The summed E-state index contributed by atoms with van der Waals surface area (Å²) in [6, 6.07) is 5.50. The van der Waals surface area contributed by atoms with Crippen molar-refractivity contribution in [1.82, 2.24) is 0 Å². The molecule has 0 aliphatic rings. The van der Waals surface area contributed by atoms with Crippen LogP contribution in [0.4, 0.5) is 0 Å². The highest BCUT2D eigenvalue weighted by atomic mass is 16.4. The van der Waals surface area contributed by atoms with Gasteiger partial charge in [-0.05, 0) is 30.4 Å². The van der Waals surface area contributed by atoms with E-state index >= 15 is 0 Å². The molecule has 0 radical (unpaired) electrons. The lowest BCUT2D eigenvalue weighted by Crippen LogP contribution is -2.13. The first-order valence-corrected chi connectivity index (χ1v) is 5.12. The van der Waals surface area contributed by atoms with Crippen LogP contribution in [0.1, 0.15) is 42.3 Å². The van der Waals surface area contributed by atoms with E-state index in [2.05, 4.69) is 20.8 Å². The third kappa shape index (κ3) is 3.39. The summed E-state index contributed by atoms with van der Waals surface area (Å²) in [4.78, 5) is 11.0. The van der Waals surface area contributed by atoms with E-state index in [4.69, 9.17) is 5.11 Å². The lowest BCUT2D eigenvalue weighted by atomic mass is 9.85. The molecule has 82 valence electrons. The highest BCUT2D eigenvalue weighted by Gasteiger charge is 2.17. The number of hydrogen-bond donors (Lipinski definition) is 1. The predicted octanol–water partition coefficient (Wildman–Crippen LogP) is 3.28. The van der Waals surface area contributed by atoms with Crippen LogP contribution in [-0.4, -0.2) is 11.1 Å². The van der Waals surface area contributed by atoms with Gasteiger partial charge in [-0.3, -0.25) is 0 Å². The zero-order valence-electron chi connectivity index (χ0n) is 9.79. The summed E-state index contributed by atoms with van der Waals surface area (Å²) >= 11 is 0. The Labute approximate surface area is 90.9 Å². The number of rotatable bonds is 2. The number of aromatic carboxylic acids is 1. The van der Waals surface area contributed by atoms with Gasteiger partial charge in [-0.15, -0.1) is 0 Å². The van der Waals surface area contributed by atoms with Crippen LogP contribution >= 0.6 is 0 Å². The summed E-state index contributed by atoms with van der Waals surface area (Å²) in [6.45, 7) is 8.32. The van der Waals surface area contributed by atoms with E-state index in [0.717, 1.165) is 17.5 Å². The maximum Gasteiger partial charge on any atom is 0.335 e. The van der Waals surface area contributed by atoms with Gasteiger partial charge in [0.1, 0.15) is 0 Å². The SMILES string of the molecule is Cc1ccc(C(=O)O)c(CC(C)(C)C)c1. The fourth-order valence-electron chi connectivity index (χ4n) is 1.65. The number of benzene rings is 1. The molecule has 0 aromatic heterocycles. The Hall–Kier alpha value is -1.31. The van der Waals surface area contributed by atoms with Crippen LogP contribution in [0.25, 0.3) is 0 Å². The Balaban J connectivity index is 3.13. The summed E-state index contributed by atoms with van der Waals surface area (Å²) in [5.74, 6) is -0.839. The molecule has 0 spiro atoms. The monoisotopic (exact) mass is 206 g/mol. The third-order valence-electron chi connectivity index (χ3n) is 2.21. The zero-order chi connectivity index (χ0) is 11.6. The molecule has 0 saturated carbocycles. The number of carboxylic acids is 1. The van der Waals surface area contributed by atoms with Crippen LogP contribution in [0.2, 0.25) is 0 Å². The van der Waals surface area contributed by atoms with Crippen LogP contribution in [0.5, 0.6) is 0 Å². The fourth-order valence-corrected chi connectivity index (χ4v) is 1.65. The lowest BCUT2D eigenvalue weighted by molar-refractivity contribution is 0.0695. The summed E-state index contributed by atoms with van der Waals surface area (Å²) in [5, 5.41) is 9.05. The molecule has 1 aromatic carbocycles. The summed E-state index contributed by atoms with van der Waals surface area (Å²) in [7, 11) is 0. The highest BCUT2D eigenvalue weighted by molar-refractivity contribution is 5.89. The molecule has 0 saturated heterocycles. The second-order valence-corrected chi connectivity index (χ2v) is 5.20. The van der Waals surface area contributed by atoms with Gasteiger partial charge < -0.3 is 5.11 Å². The van der Waals surface area contributed by atoms with E-state index in [1.54, 1.807) is 6.07 Å². The van der Waals surface area contributed by atoms with Crippen molar-refractivity contribution in [1.29, 1.82) is 0 Å². The smallest absolute Gasteiger partial charge is 0.335 e. The van der Waals surface area contributed by atoms with Crippen LogP contribution in [0.15, 0.2) is 18.2 Å². The minimum Gasteiger partial charge on any atom is -0.478 e. The Morgan fingerprint density at radius 3 is 2.40 bits per heavy atom. The summed E-state index contributed by atoms with van der Waals surface area (Å²) in [5.41, 5.74) is 2.57. The van der Waals surface area contributed by atoms with Gasteiger partial charge in [-0.1, -0.05) is 38.5 Å². The minimum absolute atomic E-state index is 0.109. The molecule has 0 aliphatic heterocycles. The second kappa shape index (κ2) is 4.05.